The Kier molecular flexibility index (Phi) is 6.48. The van der Waals surface area contributed by atoms with E-state index in [-0.39, 0.29) is 33.9 Å². The number of fused-ring (bicyclic) bond motifs is 1. The van der Waals surface area contributed by atoms with Gasteiger partial charge < -0.3 is 24.7 Å². The monoisotopic (exact) mass is 534 g/mol. The summed E-state index contributed by atoms with van der Waals surface area (Å²) in [6, 6.07) is 16.2. The van der Waals surface area contributed by atoms with Crippen LogP contribution in [0.3, 0.4) is 0 Å². The fraction of sp³-hybridized carbons (Fsp3) is 0.115. The Labute approximate surface area is 220 Å². The first-order valence-electron chi connectivity index (χ1n) is 10.9. The van der Waals surface area contributed by atoms with Crippen molar-refractivity contribution in [2.45, 2.75) is 5.92 Å². The van der Waals surface area contributed by atoms with E-state index in [2.05, 4.69) is 16.3 Å². The van der Waals surface area contributed by atoms with Gasteiger partial charge in [0.2, 0.25) is 11.8 Å². The molecule has 2 aromatic carbocycles. The summed E-state index contributed by atoms with van der Waals surface area (Å²) in [4.78, 5) is 13.0. The van der Waals surface area contributed by atoms with Gasteiger partial charge in [0.15, 0.2) is 11.5 Å². The first-order chi connectivity index (χ1) is 17.9. The highest BCUT2D eigenvalue weighted by molar-refractivity contribution is 7.12. The summed E-state index contributed by atoms with van der Waals surface area (Å²) in [5, 5.41) is 19.2. The Bertz CT molecular complexity index is 1560. The molecule has 1 aliphatic heterocycles. The van der Waals surface area contributed by atoms with Gasteiger partial charge in [-0.05, 0) is 53.4 Å². The largest absolute Gasteiger partial charge is 0.497 e. The quantitative estimate of drug-likeness (QED) is 0.253. The van der Waals surface area contributed by atoms with E-state index in [1.54, 1.807) is 36.8 Å². The summed E-state index contributed by atoms with van der Waals surface area (Å²) in [7, 11) is 3.02. The lowest BCUT2D eigenvalue weighted by atomic mass is 9.83. The zero-order valence-corrected chi connectivity index (χ0v) is 21.1. The molecule has 0 radical (unpaired) electrons. The molecule has 1 aliphatic rings. The number of nitrogens with one attached hydrogen (secondary N) is 1. The number of benzene rings is 2. The lowest BCUT2D eigenvalue weighted by Gasteiger charge is -2.25. The highest BCUT2D eigenvalue weighted by Gasteiger charge is 2.36. The minimum atomic E-state index is -0.696. The van der Waals surface area contributed by atoms with Gasteiger partial charge in [0.1, 0.15) is 22.3 Å². The lowest BCUT2D eigenvalue weighted by Crippen LogP contribution is -2.21. The molecular formula is C26H19ClN4O5S. The van der Waals surface area contributed by atoms with E-state index < -0.39 is 11.9 Å². The van der Waals surface area contributed by atoms with Crippen LogP contribution < -0.4 is 24.7 Å². The van der Waals surface area contributed by atoms with Crippen molar-refractivity contribution in [2.75, 3.05) is 14.2 Å². The number of H-pyrrole nitrogens is 1. The van der Waals surface area contributed by atoms with E-state index in [9.17, 15) is 10.1 Å². The summed E-state index contributed by atoms with van der Waals surface area (Å²) in [5.41, 5.74) is 8.87. The fourth-order valence-corrected chi connectivity index (χ4v) is 4.96. The number of rotatable bonds is 6. The molecule has 3 heterocycles. The van der Waals surface area contributed by atoms with Gasteiger partial charge in [0, 0.05) is 5.56 Å². The highest BCUT2D eigenvalue weighted by Crippen LogP contribution is 2.48. The summed E-state index contributed by atoms with van der Waals surface area (Å²) in [5.74, 6) is -0.127. The summed E-state index contributed by atoms with van der Waals surface area (Å²) in [6.07, 6.45) is 0. The van der Waals surface area contributed by atoms with Gasteiger partial charge in [-0.2, -0.15) is 5.26 Å². The first kappa shape index (κ1) is 24.2. The van der Waals surface area contributed by atoms with Crippen molar-refractivity contribution in [2.24, 2.45) is 5.73 Å². The number of nitriles is 1. The number of halogens is 1. The molecule has 0 saturated carbocycles. The van der Waals surface area contributed by atoms with Crippen LogP contribution in [0, 0.1) is 11.3 Å². The zero-order valence-electron chi connectivity index (χ0n) is 19.6. The average Bonchev–Trinajstić information content (AvgIpc) is 3.59. The highest BCUT2D eigenvalue weighted by atomic mass is 35.5. The second-order valence-electron chi connectivity index (χ2n) is 7.87. The van der Waals surface area contributed by atoms with Crippen molar-refractivity contribution < 1.29 is 23.7 Å². The number of methoxy groups -OCH3 is 2. The van der Waals surface area contributed by atoms with Gasteiger partial charge in [-0.15, -0.1) is 16.4 Å². The molecule has 0 spiro atoms. The van der Waals surface area contributed by atoms with Crippen LogP contribution in [0.2, 0.25) is 5.02 Å². The summed E-state index contributed by atoms with van der Waals surface area (Å²) < 4.78 is 22.0. The molecule has 1 unspecified atom stereocenters. The molecule has 11 heteroatoms. The summed E-state index contributed by atoms with van der Waals surface area (Å²) >= 11 is 7.85. The van der Waals surface area contributed by atoms with E-state index in [0.717, 1.165) is 5.56 Å². The predicted octanol–water partition coefficient (Wildman–Crippen LogP) is 5.25. The van der Waals surface area contributed by atoms with E-state index in [1.807, 2.05) is 24.3 Å². The van der Waals surface area contributed by atoms with Crippen molar-refractivity contribution >= 4 is 28.9 Å². The summed E-state index contributed by atoms with van der Waals surface area (Å²) in [6.45, 7) is 0. The molecular weight excluding hydrogens is 516 g/mol. The number of aromatic amines is 1. The molecule has 4 aromatic rings. The normalized spacial score (nSPS) is 14.4. The molecule has 0 amide bonds. The first-order valence-corrected chi connectivity index (χ1v) is 12.1. The molecule has 9 nitrogen and oxygen atoms in total. The number of allylic oxidation sites excluding steroid dienone is 1. The number of ether oxygens (including phenoxy) is 4. The number of nitrogens with zero attached hydrogens (tertiary/aromatic N) is 2. The number of thiophene rings is 1. The van der Waals surface area contributed by atoms with Crippen molar-refractivity contribution in [1.29, 1.82) is 5.26 Å². The van der Waals surface area contributed by atoms with Gasteiger partial charge in [-0.25, -0.2) is 4.79 Å². The lowest BCUT2D eigenvalue weighted by molar-refractivity contribution is 0.0735. The van der Waals surface area contributed by atoms with Gasteiger partial charge in [0.25, 0.3) is 0 Å². The van der Waals surface area contributed by atoms with Crippen LogP contribution in [0.25, 0.3) is 11.3 Å². The van der Waals surface area contributed by atoms with Crippen LogP contribution in [0.1, 0.15) is 26.7 Å². The maximum atomic E-state index is 12.6. The maximum absolute atomic E-state index is 12.6. The van der Waals surface area contributed by atoms with Gasteiger partial charge >= 0.3 is 5.97 Å². The third kappa shape index (κ3) is 4.35. The minimum absolute atomic E-state index is 0.0663. The topological polar surface area (TPSA) is 132 Å². The Morgan fingerprint density at radius 3 is 2.65 bits per heavy atom. The molecule has 186 valence electrons. The number of carbonyl (C=O) groups excluding carboxylic acids is 1. The van der Waals surface area contributed by atoms with E-state index in [1.165, 1.54) is 18.4 Å². The van der Waals surface area contributed by atoms with Crippen LogP contribution in [0.4, 0.5) is 0 Å². The molecule has 3 N–H and O–H groups in total. The van der Waals surface area contributed by atoms with E-state index >= 15 is 0 Å². The molecule has 5 rings (SSSR count). The Morgan fingerprint density at radius 1 is 1.22 bits per heavy atom. The number of nitrogens with two attached hydrogens (primary N) is 1. The maximum Gasteiger partial charge on any atom is 0.353 e. The number of aromatic nitrogens is 2. The van der Waals surface area contributed by atoms with Crippen LogP contribution in [-0.4, -0.2) is 30.4 Å². The second kappa shape index (κ2) is 9.89. The number of hydrogen-bond donors (Lipinski definition) is 2. The van der Waals surface area contributed by atoms with Crippen molar-refractivity contribution in [3.8, 4) is 40.5 Å². The zero-order chi connectivity index (χ0) is 26.1. The molecule has 0 aliphatic carbocycles. The van der Waals surface area contributed by atoms with Gasteiger partial charge in [-0.3, -0.25) is 5.10 Å². The Morgan fingerprint density at radius 2 is 2.00 bits per heavy atom. The molecule has 0 bridgehead atoms. The van der Waals surface area contributed by atoms with Gasteiger partial charge in [-0.1, -0.05) is 17.7 Å². The van der Waals surface area contributed by atoms with Crippen LogP contribution in [-0.2, 0) is 0 Å². The van der Waals surface area contributed by atoms with Crippen molar-refractivity contribution in [1.82, 2.24) is 10.2 Å². The van der Waals surface area contributed by atoms with Crippen LogP contribution in [0.5, 0.6) is 23.1 Å². The Balaban J connectivity index is 1.62. The third-order valence-electron chi connectivity index (χ3n) is 5.82. The van der Waals surface area contributed by atoms with Crippen molar-refractivity contribution in [3.05, 3.63) is 86.4 Å². The minimum Gasteiger partial charge on any atom is -0.497 e. The fourth-order valence-electron chi connectivity index (χ4n) is 4.10. The van der Waals surface area contributed by atoms with E-state index in [4.69, 9.17) is 36.3 Å². The van der Waals surface area contributed by atoms with Crippen molar-refractivity contribution in [3.63, 3.8) is 0 Å². The smallest absolute Gasteiger partial charge is 0.353 e. The molecule has 1 atom stereocenters. The molecule has 0 saturated heterocycles. The number of hydrogen-bond acceptors (Lipinski definition) is 9. The standard InChI is InChI=1S/C26H19ClN4O5S/c1-33-15-7-5-13(6-8-15)22-21-20(16(12-28)24(29)36-25(21)31-30-22)14-10-17(27)23(18(11-14)34-2)35-26(32)19-4-3-9-37-19/h3-11,20H,29H2,1-2H3,(H,30,31). The molecule has 2 aromatic heterocycles. The third-order valence-corrected chi connectivity index (χ3v) is 6.95. The van der Waals surface area contributed by atoms with Gasteiger partial charge in [0.05, 0.1) is 36.4 Å². The SMILES string of the molecule is COc1ccc(-c2[nH]nc3c2C(c2cc(Cl)c(OC(=O)c4cccs4)c(OC)c2)C(C#N)=C(N)O3)cc1. The molecule has 0 fully saturated rings. The van der Waals surface area contributed by atoms with Crippen LogP contribution >= 0.6 is 22.9 Å². The number of esters is 1. The second-order valence-corrected chi connectivity index (χ2v) is 9.23. The molecule has 37 heavy (non-hydrogen) atoms. The Hall–Kier alpha value is -4.46. The average molecular weight is 535 g/mol. The van der Waals surface area contributed by atoms with Crippen LogP contribution in [0.15, 0.2) is 65.4 Å². The number of carbonyl (C=O) groups is 1. The predicted molar refractivity (Wildman–Crippen MR) is 137 cm³/mol. The van der Waals surface area contributed by atoms with E-state index in [0.29, 0.717) is 27.4 Å².